The van der Waals surface area contributed by atoms with Crippen LogP contribution in [0.2, 0.25) is 0 Å². The molecule has 1 aliphatic heterocycles. The second kappa shape index (κ2) is 6.77. The van der Waals surface area contributed by atoms with Crippen molar-refractivity contribution in [3.8, 4) is 0 Å². The molecule has 0 saturated heterocycles. The topological polar surface area (TPSA) is 40.6 Å². The molecule has 0 aromatic heterocycles. The van der Waals surface area contributed by atoms with E-state index in [-0.39, 0.29) is 11.8 Å². The van der Waals surface area contributed by atoms with E-state index in [2.05, 4.69) is 15.9 Å². The van der Waals surface area contributed by atoms with Gasteiger partial charge in [0.1, 0.15) is 0 Å². The minimum Gasteiger partial charge on any atom is -0.337 e. The van der Waals surface area contributed by atoms with Gasteiger partial charge >= 0.3 is 0 Å². The molecule has 1 aliphatic rings. The summed E-state index contributed by atoms with van der Waals surface area (Å²) in [7, 11) is 1.81. The summed E-state index contributed by atoms with van der Waals surface area (Å²) in [5, 5.41) is 0. The highest BCUT2D eigenvalue weighted by molar-refractivity contribution is 9.10. The van der Waals surface area contributed by atoms with Crippen molar-refractivity contribution >= 4 is 33.4 Å². The zero-order valence-corrected chi connectivity index (χ0v) is 15.3. The Balaban J connectivity index is 1.75. The van der Waals surface area contributed by atoms with E-state index in [0.717, 1.165) is 27.7 Å². The minimum absolute atomic E-state index is 0.0120. The van der Waals surface area contributed by atoms with Crippen molar-refractivity contribution in [2.24, 2.45) is 0 Å². The molecule has 2 aromatic carbocycles. The quantitative estimate of drug-likeness (QED) is 0.807. The molecule has 0 spiro atoms. The van der Waals surface area contributed by atoms with Gasteiger partial charge in [0.15, 0.2) is 0 Å². The fourth-order valence-electron chi connectivity index (χ4n) is 3.02. The third-order valence-corrected chi connectivity index (χ3v) is 4.81. The average molecular weight is 387 g/mol. The summed E-state index contributed by atoms with van der Waals surface area (Å²) in [6.45, 7) is 2.82. The first-order chi connectivity index (χ1) is 11.5. The highest BCUT2D eigenvalue weighted by Gasteiger charge is 2.23. The van der Waals surface area contributed by atoms with E-state index >= 15 is 0 Å². The zero-order valence-electron chi connectivity index (χ0n) is 13.8. The van der Waals surface area contributed by atoms with Crippen LogP contribution < -0.4 is 4.90 Å². The number of halogens is 1. The zero-order chi connectivity index (χ0) is 17.3. The van der Waals surface area contributed by atoms with Crippen LogP contribution in [0, 0.1) is 0 Å². The molecule has 0 saturated carbocycles. The SMILES string of the molecule is CC(=O)N1CCc2cc(C(=O)N(C)Cc3ccc(Br)cc3)ccc21. The molecule has 1 heterocycles. The van der Waals surface area contributed by atoms with Gasteiger partial charge in [-0.25, -0.2) is 0 Å². The molecule has 2 amide bonds. The number of hydrogen-bond acceptors (Lipinski definition) is 2. The molecule has 3 rings (SSSR count). The lowest BCUT2D eigenvalue weighted by Gasteiger charge is -2.19. The summed E-state index contributed by atoms with van der Waals surface area (Å²) in [5.74, 6) is 0.0298. The molecule has 0 N–H and O–H groups in total. The molecule has 0 atom stereocenters. The van der Waals surface area contributed by atoms with E-state index in [1.54, 1.807) is 29.8 Å². The van der Waals surface area contributed by atoms with Crippen LogP contribution in [0.5, 0.6) is 0 Å². The summed E-state index contributed by atoms with van der Waals surface area (Å²) >= 11 is 3.41. The van der Waals surface area contributed by atoms with Gasteiger partial charge in [0, 0.05) is 42.8 Å². The number of amides is 2. The molecule has 24 heavy (non-hydrogen) atoms. The maximum atomic E-state index is 12.7. The molecule has 0 aliphatic carbocycles. The highest BCUT2D eigenvalue weighted by Crippen LogP contribution is 2.29. The van der Waals surface area contributed by atoms with Gasteiger partial charge in [-0.3, -0.25) is 9.59 Å². The predicted molar refractivity (Wildman–Crippen MR) is 98.1 cm³/mol. The largest absolute Gasteiger partial charge is 0.337 e. The van der Waals surface area contributed by atoms with Crippen molar-refractivity contribution in [3.63, 3.8) is 0 Å². The smallest absolute Gasteiger partial charge is 0.253 e. The molecule has 0 fully saturated rings. The number of carbonyl (C=O) groups is 2. The monoisotopic (exact) mass is 386 g/mol. The second-order valence-electron chi connectivity index (χ2n) is 6.05. The van der Waals surface area contributed by atoms with Crippen LogP contribution in [0.3, 0.4) is 0 Å². The van der Waals surface area contributed by atoms with Gasteiger partial charge in [0.25, 0.3) is 5.91 Å². The Morgan fingerprint density at radius 2 is 1.88 bits per heavy atom. The third kappa shape index (κ3) is 3.36. The number of nitrogens with zero attached hydrogens (tertiary/aromatic N) is 2. The lowest BCUT2D eigenvalue weighted by atomic mass is 10.1. The van der Waals surface area contributed by atoms with E-state index in [1.165, 1.54) is 0 Å². The maximum absolute atomic E-state index is 12.7. The van der Waals surface area contributed by atoms with Crippen molar-refractivity contribution in [3.05, 3.63) is 63.6 Å². The first-order valence-corrected chi connectivity index (χ1v) is 8.66. The van der Waals surface area contributed by atoms with Gasteiger partial charge in [-0.1, -0.05) is 28.1 Å². The van der Waals surface area contributed by atoms with Crippen LogP contribution in [0.25, 0.3) is 0 Å². The molecular weight excluding hydrogens is 368 g/mol. The van der Waals surface area contributed by atoms with Crippen molar-refractivity contribution in [2.45, 2.75) is 19.9 Å². The summed E-state index contributed by atoms with van der Waals surface area (Å²) < 4.78 is 1.02. The standard InChI is InChI=1S/C19H19BrN2O2/c1-13(23)22-10-9-15-11-16(5-8-18(15)22)19(24)21(2)12-14-3-6-17(20)7-4-14/h3-8,11H,9-10,12H2,1-2H3. The predicted octanol–water partition coefficient (Wildman–Crippen LogP) is 3.63. The fourth-order valence-corrected chi connectivity index (χ4v) is 3.28. The van der Waals surface area contributed by atoms with Crippen LogP contribution in [0.4, 0.5) is 5.69 Å². The molecule has 124 valence electrons. The highest BCUT2D eigenvalue weighted by atomic mass is 79.9. The normalized spacial score (nSPS) is 12.9. The van der Waals surface area contributed by atoms with E-state index in [4.69, 9.17) is 0 Å². The molecule has 5 heteroatoms. The lowest BCUT2D eigenvalue weighted by Crippen LogP contribution is -2.27. The van der Waals surface area contributed by atoms with Crippen LogP contribution in [0.15, 0.2) is 46.9 Å². The number of fused-ring (bicyclic) bond motifs is 1. The van der Waals surface area contributed by atoms with Gasteiger partial charge in [-0.15, -0.1) is 0 Å². The fraction of sp³-hybridized carbons (Fsp3) is 0.263. The van der Waals surface area contributed by atoms with Crippen molar-refractivity contribution in [1.82, 2.24) is 4.90 Å². The number of hydrogen-bond donors (Lipinski definition) is 0. The summed E-state index contributed by atoms with van der Waals surface area (Å²) in [4.78, 5) is 27.7. The molecular formula is C19H19BrN2O2. The lowest BCUT2D eigenvalue weighted by molar-refractivity contribution is -0.116. The summed E-state index contributed by atoms with van der Waals surface area (Å²) in [6, 6.07) is 13.5. The van der Waals surface area contributed by atoms with Crippen LogP contribution in [0.1, 0.15) is 28.4 Å². The van der Waals surface area contributed by atoms with Gasteiger partial charge in [-0.05, 0) is 47.9 Å². The minimum atomic E-state index is -0.0120. The van der Waals surface area contributed by atoms with Gasteiger partial charge in [0.05, 0.1) is 0 Å². The van der Waals surface area contributed by atoms with E-state index in [9.17, 15) is 9.59 Å². The number of anilines is 1. The van der Waals surface area contributed by atoms with Crippen molar-refractivity contribution in [1.29, 1.82) is 0 Å². The van der Waals surface area contributed by atoms with Crippen LogP contribution in [-0.4, -0.2) is 30.3 Å². The average Bonchev–Trinajstić information content (AvgIpc) is 2.99. The van der Waals surface area contributed by atoms with E-state index < -0.39 is 0 Å². The third-order valence-electron chi connectivity index (χ3n) is 4.28. The number of carbonyl (C=O) groups excluding carboxylic acids is 2. The van der Waals surface area contributed by atoms with Gasteiger partial charge in [0.2, 0.25) is 5.91 Å². The Bertz CT molecular complexity index is 786. The Morgan fingerprint density at radius 3 is 2.54 bits per heavy atom. The first kappa shape index (κ1) is 16.7. The van der Waals surface area contributed by atoms with E-state index in [0.29, 0.717) is 18.7 Å². The van der Waals surface area contributed by atoms with Gasteiger partial charge < -0.3 is 9.80 Å². The van der Waals surface area contributed by atoms with Crippen LogP contribution >= 0.6 is 15.9 Å². The molecule has 0 bridgehead atoms. The maximum Gasteiger partial charge on any atom is 0.253 e. The Kier molecular flexibility index (Phi) is 4.71. The van der Waals surface area contributed by atoms with Crippen molar-refractivity contribution in [2.75, 3.05) is 18.5 Å². The molecule has 0 unspecified atom stereocenters. The molecule has 2 aromatic rings. The number of benzene rings is 2. The van der Waals surface area contributed by atoms with E-state index in [1.807, 2.05) is 36.4 Å². The van der Waals surface area contributed by atoms with Crippen molar-refractivity contribution < 1.29 is 9.59 Å². The molecule has 4 nitrogen and oxygen atoms in total. The van der Waals surface area contributed by atoms with Crippen LogP contribution in [-0.2, 0) is 17.8 Å². The summed E-state index contributed by atoms with van der Waals surface area (Å²) in [6.07, 6.45) is 0.798. The Morgan fingerprint density at radius 1 is 1.17 bits per heavy atom. The number of rotatable bonds is 3. The molecule has 0 radical (unpaired) electrons. The van der Waals surface area contributed by atoms with Gasteiger partial charge in [-0.2, -0.15) is 0 Å². The first-order valence-electron chi connectivity index (χ1n) is 7.86. The Labute approximate surface area is 150 Å². The second-order valence-corrected chi connectivity index (χ2v) is 6.97. The Hall–Kier alpha value is -2.14. The summed E-state index contributed by atoms with van der Waals surface area (Å²) in [5.41, 5.74) is 3.74.